The number of esters is 1. The van der Waals surface area contributed by atoms with Gasteiger partial charge in [-0.05, 0) is 96.7 Å². The molecule has 0 aliphatic carbocycles. The number of ether oxygens (including phenoxy) is 4. The lowest BCUT2D eigenvalue weighted by Gasteiger charge is -2.39. The van der Waals surface area contributed by atoms with Gasteiger partial charge in [0.15, 0.2) is 0 Å². The van der Waals surface area contributed by atoms with Gasteiger partial charge in [0.25, 0.3) is 11.8 Å². The van der Waals surface area contributed by atoms with Crippen LogP contribution in [-0.2, 0) is 51.1 Å². The minimum absolute atomic E-state index is 0.0515. The quantitative estimate of drug-likeness (QED) is 0.109. The third-order valence-electron chi connectivity index (χ3n) is 14.2. The van der Waals surface area contributed by atoms with E-state index in [9.17, 15) is 32.3 Å². The number of nitrogens with one attached hydrogen (secondary N) is 2. The van der Waals surface area contributed by atoms with E-state index in [-0.39, 0.29) is 62.8 Å². The number of likely N-dealkylation sites (tertiary alicyclic amines) is 1. The molecule has 2 aromatic rings. The van der Waals surface area contributed by atoms with Crippen LogP contribution in [0.5, 0.6) is 0 Å². The Labute approximate surface area is 422 Å². The second kappa shape index (κ2) is 23.3. The first-order chi connectivity index (χ1) is 33.9. The summed E-state index contributed by atoms with van der Waals surface area (Å²) in [7, 11) is 5.30. The Kier molecular flexibility index (Phi) is 18.1. The Morgan fingerprint density at radius 3 is 2.49 bits per heavy atom. The molecule has 4 aliphatic rings. The molecule has 5 atom stereocenters. The van der Waals surface area contributed by atoms with Crippen LogP contribution in [0.2, 0.25) is 0 Å². The third-order valence-corrected chi connectivity index (χ3v) is 14.2. The first kappa shape index (κ1) is 56.0. The number of alkyl halides is 3. The van der Waals surface area contributed by atoms with Crippen LogP contribution >= 0.6 is 0 Å². The summed E-state index contributed by atoms with van der Waals surface area (Å²) in [6.45, 7) is 19.6. The van der Waals surface area contributed by atoms with E-state index in [0.717, 1.165) is 5.69 Å². The Morgan fingerprint density at radius 2 is 1.85 bits per heavy atom. The van der Waals surface area contributed by atoms with Crippen molar-refractivity contribution in [2.24, 2.45) is 22.2 Å². The van der Waals surface area contributed by atoms with Gasteiger partial charge in [-0.1, -0.05) is 46.3 Å². The number of amides is 3. The number of aliphatic imine (C=N–C) groups is 1. The van der Waals surface area contributed by atoms with E-state index in [1.54, 1.807) is 37.1 Å². The molecule has 6 rings (SSSR count). The van der Waals surface area contributed by atoms with Crippen molar-refractivity contribution in [3.05, 3.63) is 47.8 Å². The minimum atomic E-state index is -4.61. The number of benzene rings is 1. The summed E-state index contributed by atoms with van der Waals surface area (Å²) >= 11 is 0. The lowest BCUT2D eigenvalue weighted by molar-refractivity contribution is -0.156. The van der Waals surface area contributed by atoms with Crippen molar-refractivity contribution in [1.82, 2.24) is 30.1 Å². The SMILES string of the molecule is C=C/C(=C(\N=C/C)[C@H](C)OC)c1c2c3cc(ccc3n1CC(F)(F)F)N1CCO[C@@H](C[C@H](NC(=O)[C@@H](COC3CN(C(=O)C#CC(C)(C)N(C)C)C3)C(C)C)C(=O)N3CCC[C@H](N3)C(=O)OCC(C)(C)C2)C1. The van der Waals surface area contributed by atoms with E-state index in [1.165, 1.54) is 22.8 Å². The summed E-state index contributed by atoms with van der Waals surface area (Å²) in [4.78, 5) is 66.0. The number of morpholine rings is 1. The highest BCUT2D eigenvalue weighted by molar-refractivity contribution is 5.96. The lowest BCUT2D eigenvalue weighted by atomic mass is 9.84. The van der Waals surface area contributed by atoms with Crippen molar-refractivity contribution >= 4 is 52.1 Å². The Balaban J connectivity index is 1.34. The van der Waals surface area contributed by atoms with E-state index in [4.69, 9.17) is 18.9 Å². The van der Waals surface area contributed by atoms with E-state index < -0.39 is 71.7 Å². The second-order valence-electron chi connectivity index (χ2n) is 21.2. The summed E-state index contributed by atoms with van der Waals surface area (Å²) in [5.74, 6) is 3.20. The molecule has 5 heterocycles. The number of aromatic nitrogens is 1. The zero-order chi connectivity index (χ0) is 52.9. The van der Waals surface area contributed by atoms with Crippen LogP contribution in [0.4, 0.5) is 18.9 Å². The maximum atomic E-state index is 14.7. The second-order valence-corrected chi connectivity index (χ2v) is 21.2. The van der Waals surface area contributed by atoms with Crippen LogP contribution in [0, 0.1) is 29.1 Å². The summed E-state index contributed by atoms with van der Waals surface area (Å²) < 4.78 is 69.7. The van der Waals surface area contributed by atoms with Gasteiger partial charge in [0.1, 0.15) is 18.6 Å². The van der Waals surface area contributed by atoms with Crippen molar-refractivity contribution in [3.8, 4) is 11.8 Å². The number of cyclic esters (lactones) is 1. The summed E-state index contributed by atoms with van der Waals surface area (Å²) in [5.41, 5.74) is 4.53. The number of rotatable bonds is 13. The Bertz CT molecular complexity index is 2450. The molecule has 16 nitrogen and oxygen atoms in total. The predicted octanol–water partition coefficient (Wildman–Crippen LogP) is 5.77. The monoisotopic (exact) mass is 1010 g/mol. The molecule has 0 unspecified atom stereocenters. The topological polar surface area (TPSA) is 160 Å². The number of fused-ring (bicyclic) bond motifs is 6. The normalized spacial score (nSPS) is 22.7. The van der Waals surface area contributed by atoms with Crippen LogP contribution in [0.25, 0.3) is 16.5 Å². The molecular formula is C53H75F3N8O8. The summed E-state index contributed by atoms with van der Waals surface area (Å²) in [6, 6.07) is 3.41. The zero-order valence-corrected chi connectivity index (χ0v) is 43.9. The largest absolute Gasteiger partial charge is 0.464 e. The molecule has 3 fully saturated rings. The van der Waals surface area contributed by atoms with Gasteiger partial charge in [-0.2, -0.15) is 13.2 Å². The van der Waals surface area contributed by atoms with Gasteiger partial charge in [0.05, 0.1) is 61.0 Å². The van der Waals surface area contributed by atoms with Gasteiger partial charge >= 0.3 is 12.1 Å². The van der Waals surface area contributed by atoms with Crippen LogP contribution in [0.3, 0.4) is 0 Å². The molecule has 6 bridgehead atoms. The maximum absolute atomic E-state index is 14.7. The summed E-state index contributed by atoms with van der Waals surface area (Å²) in [5, 5.41) is 5.00. The first-order valence-electron chi connectivity index (χ1n) is 25.0. The molecule has 4 aliphatic heterocycles. The number of hydrogen-bond donors (Lipinski definition) is 2. The molecule has 3 amide bonds. The van der Waals surface area contributed by atoms with Gasteiger partial charge in [-0.15, -0.1) is 0 Å². The summed E-state index contributed by atoms with van der Waals surface area (Å²) in [6.07, 6.45) is -1.87. The predicted molar refractivity (Wildman–Crippen MR) is 271 cm³/mol. The van der Waals surface area contributed by atoms with Crippen LogP contribution in [-0.4, -0.2) is 165 Å². The fourth-order valence-electron chi connectivity index (χ4n) is 9.38. The highest BCUT2D eigenvalue weighted by atomic mass is 19.4. The van der Waals surface area contributed by atoms with Crippen molar-refractivity contribution < 1.29 is 51.3 Å². The zero-order valence-electron chi connectivity index (χ0n) is 43.9. The average molecular weight is 1010 g/mol. The fraction of sp³-hybridized carbons (Fsp3) is 0.642. The van der Waals surface area contributed by atoms with Crippen LogP contribution < -0.4 is 15.6 Å². The molecule has 19 heteroatoms. The van der Waals surface area contributed by atoms with E-state index in [0.29, 0.717) is 66.8 Å². The highest BCUT2D eigenvalue weighted by Gasteiger charge is 2.40. The number of halogens is 3. The molecule has 1 aromatic heterocycles. The van der Waals surface area contributed by atoms with Gasteiger partial charge < -0.3 is 38.6 Å². The van der Waals surface area contributed by atoms with Crippen molar-refractivity contribution in [2.75, 3.05) is 78.6 Å². The number of anilines is 1. The number of hydrazine groups is 1. The fourth-order valence-corrected chi connectivity index (χ4v) is 9.38. The Morgan fingerprint density at radius 1 is 1.12 bits per heavy atom. The highest BCUT2D eigenvalue weighted by Crippen LogP contribution is 2.41. The molecule has 2 N–H and O–H groups in total. The van der Waals surface area contributed by atoms with Gasteiger partial charge in [-0.3, -0.25) is 34.1 Å². The smallest absolute Gasteiger partial charge is 0.406 e. The van der Waals surface area contributed by atoms with Crippen molar-refractivity contribution in [1.29, 1.82) is 0 Å². The molecule has 3 saturated heterocycles. The maximum Gasteiger partial charge on any atom is 0.406 e. The minimum Gasteiger partial charge on any atom is -0.464 e. The molecule has 0 saturated carbocycles. The van der Waals surface area contributed by atoms with Gasteiger partial charge in [0, 0.05) is 80.0 Å². The van der Waals surface area contributed by atoms with E-state index in [1.807, 2.05) is 66.6 Å². The number of carbonyl (C=O) groups is 4. The van der Waals surface area contributed by atoms with Crippen molar-refractivity contribution in [3.63, 3.8) is 0 Å². The molecule has 396 valence electrons. The van der Waals surface area contributed by atoms with E-state index >= 15 is 0 Å². The van der Waals surface area contributed by atoms with Gasteiger partial charge in [-0.25, -0.2) is 5.43 Å². The lowest BCUT2D eigenvalue weighted by Crippen LogP contribution is -2.61. The van der Waals surface area contributed by atoms with Gasteiger partial charge in [0.2, 0.25) is 5.91 Å². The number of hydrogen-bond acceptors (Lipinski definition) is 12. The number of methoxy groups -OCH3 is 1. The van der Waals surface area contributed by atoms with Crippen LogP contribution in [0.15, 0.2) is 41.5 Å². The molecule has 0 radical (unpaired) electrons. The molecule has 1 aromatic carbocycles. The average Bonchev–Trinajstić information content (AvgIpc) is 3.58. The molecule has 72 heavy (non-hydrogen) atoms. The number of carbonyl (C=O) groups excluding carboxylic acids is 4. The molecule has 0 spiro atoms. The third kappa shape index (κ3) is 13.5. The van der Waals surface area contributed by atoms with Crippen molar-refractivity contribution in [2.45, 2.75) is 130 Å². The molecular weight excluding hydrogens is 934 g/mol. The number of nitrogens with zero attached hydrogens (tertiary/aromatic N) is 6. The standard InChI is InChI=1S/C53H75F3N8O8/c1-13-38(46(57-14-2)34(5)69-12)47-40-26-51(6,7)32-72-50(68)42-16-15-21-64(59-42)49(67)43(25-36-27-61(22-23-70-36)35-17-18-44(39(40)24-35)63(47)31-53(54,55)56)58-48(66)41(33(3)4)30-71-37-28-62(29-37)45(65)19-20-52(8,9)60(10)11/h13-14,17-18,24,33-34,36-37,41-43,59H,1,15-16,21-23,25-32H2,2-12H3,(H,58,66)/b46-38+,57-14-/t34-,36-,41-,42-,43-/m0/s1. The van der Waals surface area contributed by atoms with E-state index in [2.05, 4.69) is 39.1 Å². The number of allylic oxidation sites excluding steroid dienone is 2. The van der Waals surface area contributed by atoms with Crippen LogP contribution in [0.1, 0.15) is 85.9 Å². The Hall–Kier alpha value is -5.26. The first-order valence-corrected chi connectivity index (χ1v) is 25.0.